The van der Waals surface area contributed by atoms with Crippen molar-refractivity contribution >= 4 is 21.2 Å². The highest BCUT2D eigenvalue weighted by atomic mass is 32.2. The number of sulfone groups is 1. The molecule has 2 aromatic carbocycles. The van der Waals surface area contributed by atoms with Crippen molar-refractivity contribution in [3.63, 3.8) is 0 Å². The van der Waals surface area contributed by atoms with Gasteiger partial charge in [-0.2, -0.15) is 0 Å². The second-order valence-corrected chi connectivity index (χ2v) is 8.80. The number of allylic oxidation sites excluding steroid dienone is 3. The summed E-state index contributed by atoms with van der Waals surface area (Å²) in [6.07, 6.45) is 0.529. The van der Waals surface area contributed by atoms with Crippen molar-refractivity contribution in [2.24, 2.45) is 0 Å². The lowest BCUT2D eigenvalue weighted by molar-refractivity contribution is -0.112. The largest absolute Gasteiger partial charge is 0.388 e. The Morgan fingerprint density at radius 2 is 1.52 bits per heavy atom. The topological polar surface area (TPSA) is 71.4 Å². The van der Waals surface area contributed by atoms with Crippen molar-refractivity contribution in [3.05, 3.63) is 82.3 Å². The number of carbonyl (C=O) groups is 1. The molecule has 0 bridgehead atoms. The number of hydrogen-bond donors (Lipinski definition) is 1. The predicted molar refractivity (Wildman–Crippen MR) is 103 cm³/mol. The number of benzene rings is 2. The molecule has 1 N–H and O–H groups in total. The lowest BCUT2D eigenvalue weighted by Crippen LogP contribution is -2.20. The Kier molecular flexibility index (Phi) is 4.58. The summed E-state index contributed by atoms with van der Waals surface area (Å²) in [5, 5.41) is 10.7. The Balaban J connectivity index is 1.97. The van der Waals surface area contributed by atoms with Crippen LogP contribution in [-0.2, 0) is 14.6 Å². The summed E-state index contributed by atoms with van der Waals surface area (Å²) in [6.45, 7) is 0. The Bertz CT molecular complexity index is 1050. The number of fused-ring (bicyclic) bond motifs is 1. The Labute approximate surface area is 158 Å². The molecule has 2 aliphatic rings. The van der Waals surface area contributed by atoms with E-state index in [1.54, 1.807) is 18.2 Å². The molecule has 0 spiro atoms. The highest BCUT2D eigenvalue weighted by Gasteiger charge is 2.39. The number of hydrogen-bond acceptors (Lipinski definition) is 4. The van der Waals surface area contributed by atoms with Gasteiger partial charge in [-0.25, -0.2) is 8.42 Å². The van der Waals surface area contributed by atoms with Crippen LogP contribution < -0.4 is 0 Å². The van der Waals surface area contributed by atoms with E-state index >= 15 is 0 Å². The molecule has 0 fully saturated rings. The van der Waals surface area contributed by atoms with Crippen LogP contribution in [0, 0.1) is 0 Å². The molecule has 5 heteroatoms. The maximum atomic E-state index is 13.3. The first-order valence-corrected chi connectivity index (χ1v) is 10.5. The highest BCUT2D eigenvalue weighted by Crippen LogP contribution is 2.44. The van der Waals surface area contributed by atoms with Gasteiger partial charge in [0.25, 0.3) is 0 Å². The van der Waals surface area contributed by atoms with Crippen LogP contribution in [0.15, 0.2) is 81.6 Å². The molecule has 0 aromatic heterocycles. The zero-order chi connectivity index (χ0) is 19.0. The number of ketones is 1. The molecule has 2 aliphatic carbocycles. The summed E-state index contributed by atoms with van der Waals surface area (Å²) in [6, 6.07) is 17.5. The fourth-order valence-corrected chi connectivity index (χ4v) is 5.76. The molecular weight excluding hydrogens is 360 g/mol. The van der Waals surface area contributed by atoms with Gasteiger partial charge in [0.1, 0.15) is 0 Å². The fraction of sp³-hybridized carbons (Fsp3) is 0.227. The highest BCUT2D eigenvalue weighted by molar-refractivity contribution is 7.95. The maximum absolute atomic E-state index is 13.3. The first-order valence-electron chi connectivity index (χ1n) is 9.03. The van der Waals surface area contributed by atoms with Gasteiger partial charge in [0, 0.05) is 12.0 Å². The third-order valence-corrected chi connectivity index (χ3v) is 7.18. The standard InChI is InChI=1S/C22H20O4S/c23-19-13-7-12-17-18(14-20(24)21(17)15-8-3-1-4-9-15)22(19)27(25,26)16-10-5-2-6-11-16/h1-6,8-11,19,23H,7,12-14H2. The third kappa shape index (κ3) is 3.07. The van der Waals surface area contributed by atoms with E-state index in [-0.39, 0.29) is 22.0 Å². The number of carbonyl (C=O) groups excluding carboxylic acids is 1. The molecule has 0 amide bonds. The average molecular weight is 380 g/mol. The van der Waals surface area contributed by atoms with Crippen LogP contribution in [0.3, 0.4) is 0 Å². The number of aliphatic hydroxyl groups is 1. The number of Topliss-reactive ketones (excluding diaryl/α,β-unsaturated/α-hetero) is 1. The molecule has 0 saturated carbocycles. The van der Waals surface area contributed by atoms with Crippen LogP contribution in [0.4, 0.5) is 0 Å². The lowest BCUT2D eigenvalue weighted by Gasteiger charge is -2.16. The molecule has 0 aliphatic heterocycles. The van der Waals surface area contributed by atoms with Crippen molar-refractivity contribution in [3.8, 4) is 0 Å². The monoisotopic (exact) mass is 380 g/mol. The van der Waals surface area contributed by atoms with Gasteiger partial charge in [0.15, 0.2) is 5.78 Å². The van der Waals surface area contributed by atoms with E-state index in [4.69, 9.17) is 0 Å². The van der Waals surface area contributed by atoms with Gasteiger partial charge >= 0.3 is 0 Å². The van der Waals surface area contributed by atoms with E-state index < -0.39 is 15.9 Å². The molecule has 0 heterocycles. The van der Waals surface area contributed by atoms with Gasteiger partial charge in [0.05, 0.1) is 15.9 Å². The summed E-state index contributed by atoms with van der Waals surface area (Å²) in [5.41, 5.74) is 2.67. The fourth-order valence-electron chi connectivity index (χ4n) is 4.00. The van der Waals surface area contributed by atoms with E-state index in [2.05, 4.69) is 0 Å². The minimum Gasteiger partial charge on any atom is -0.388 e. The minimum atomic E-state index is -3.87. The predicted octanol–water partition coefficient (Wildman–Crippen LogP) is 3.69. The van der Waals surface area contributed by atoms with Gasteiger partial charge in [-0.1, -0.05) is 48.5 Å². The van der Waals surface area contributed by atoms with Gasteiger partial charge < -0.3 is 5.11 Å². The number of aliphatic hydroxyl groups excluding tert-OH is 1. The van der Waals surface area contributed by atoms with Gasteiger partial charge in [0.2, 0.25) is 9.84 Å². The second-order valence-electron chi connectivity index (χ2n) is 6.89. The van der Waals surface area contributed by atoms with Crippen LogP contribution >= 0.6 is 0 Å². The molecule has 27 heavy (non-hydrogen) atoms. The minimum absolute atomic E-state index is 0.000445. The number of rotatable bonds is 3. The molecule has 0 saturated heterocycles. The van der Waals surface area contributed by atoms with E-state index in [9.17, 15) is 18.3 Å². The SMILES string of the molecule is O=C1CC2=C(S(=O)(=O)c3ccccc3)C(O)CCCC2=C1c1ccccc1. The maximum Gasteiger partial charge on any atom is 0.205 e. The van der Waals surface area contributed by atoms with Crippen molar-refractivity contribution in [1.82, 2.24) is 0 Å². The first kappa shape index (κ1) is 17.9. The Morgan fingerprint density at radius 1 is 0.889 bits per heavy atom. The summed E-state index contributed by atoms with van der Waals surface area (Å²) >= 11 is 0. The van der Waals surface area contributed by atoms with Crippen molar-refractivity contribution in [2.75, 3.05) is 0 Å². The molecule has 1 unspecified atom stereocenters. The van der Waals surface area contributed by atoms with Crippen molar-refractivity contribution < 1.29 is 18.3 Å². The van der Waals surface area contributed by atoms with E-state index in [0.29, 0.717) is 30.4 Å². The normalized spacial score (nSPS) is 20.6. The van der Waals surface area contributed by atoms with E-state index in [1.807, 2.05) is 30.3 Å². The van der Waals surface area contributed by atoms with E-state index in [1.165, 1.54) is 12.1 Å². The van der Waals surface area contributed by atoms with Gasteiger partial charge in [-0.05, 0) is 48.1 Å². The Morgan fingerprint density at radius 3 is 2.19 bits per heavy atom. The van der Waals surface area contributed by atoms with E-state index in [0.717, 1.165) is 11.1 Å². The summed E-state index contributed by atoms with van der Waals surface area (Å²) in [4.78, 5) is 12.9. The van der Waals surface area contributed by atoms with Crippen LogP contribution in [0.1, 0.15) is 31.2 Å². The van der Waals surface area contributed by atoms with Gasteiger partial charge in [-0.15, -0.1) is 0 Å². The second kappa shape index (κ2) is 6.91. The van der Waals surface area contributed by atoms with Crippen LogP contribution in [-0.4, -0.2) is 25.4 Å². The molecule has 1 atom stereocenters. The average Bonchev–Trinajstić information content (AvgIpc) is 2.89. The zero-order valence-electron chi connectivity index (χ0n) is 14.8. The van der Waals surface area contributed by atoms with Crippen LogP contribution in [0.25, 0.3) is 5.57 Å². The molecule has 4 rings (SSSR count). The molecule has 0 radical (unpaired) electrons. The van der Waals surface area contributed by atoms with Crippen LogP contribution in [0.2, 0.25) is 0 Å². The molecule has 2 aromatic rings. The zero-order valence-corrected chi connectivity index (χ0v) is 15.6. The summed E-state index contributed by atoms with van der Waals surface area (Å²) in [5.74, 6) is -0.0824. The first-order chi connectivity index (χ1) is 13.0. The van der Waals surface area contributed by atoms with Crippen molar-refractivity contribution in [1.29, 1.82) is 0 Å². The summed E-state index contributed by atoms with van der Waals surface area (Å²) < 4.78 is 26.6. The smallest absolute Gasteiger partial charge is 0.205 e. The third-order valence-electron chi connectivity index (χ3n) is 5.19. The van der Waals surface area contributed by atoms with Crippen LogP contribution in [0.5, 0.6) is 0 Å². The molecule has 138 valence electrons. The quantitative estimate of drug-likeness (QED) is 0.882. The molecule has 4 nitrogen and oxygen atoms in total. The lowest BCUT2D eigenvalue weighted by atomic mass is 9.98. The Hall–Kier alpha value is -2.50. The molecular formula is C22H20O4S. The van der Waals surface area contributed by atoms with Crippen molar-refractivity contribution in [2.45, 2.75) is 36.7 Å². The summed E-state index contributed by atoms with van der Waals surface area (Å²) in [7, 11) is -3.87. The van der Waals surface area contributed by atoms with Gasteiger partial charge in [-0.3, -0.25) is 4.79 Å².